The number of carbonyl (C=O) groups is 14. The smallest absolute Gasteiger partial charge is 0.326 e. The van der Waals surface area contributed by atoms with E-state index in [0.717, 1.165) is 13.8 Å². The third-order valence-corrected chi connectivity index (χ3v) is 12.1. The highest BCUT2D eigenvalue weighted by atomic mass is 16.4. The number of amides is 10. The van der Waals surface area contributed by atoms with Crippen LogP contribution in [0, 0.1) is 0 Å². The molecule has 0 aliphatic heterocycles. The monoisotopic (exact) mass is 1110 g/mol. The standard InChI is InChI=1S/C52H62N10O18/c1-24(55-50(77)42(25(2)63)62-49(76)36(56-27(4)65)20-28-10-6-5-7-11-28)46(73)61-43(26(3)64)51(78)59-34(17-19-41(69)70)47(74)54-23-40(68)58-35(16-18-38(53)66)48(75)60-37(52(79)80)22-39(67)57-29-14-15-31-30-12-8-9-13-32(30)44(71)45(72)33(31)21-29/h5-15,21,24-26,34-37,42-43,63-64H,16-20,22-23H2,1-4H3,(H2,53,66)(H,54,74)(H,55,77)(H,56,65)(H,57,67)(H,58,68)(H,59,78)(H,60,75)(H,61,73)(H,62,76)(H,69,70)(H,79,80)/t24-,25+,26+,34-,35-,36-,37-,42-,43-/m0/s1. The van der Waals surface area contributed by atoms with Crippen LogP contribution < -0.4 is 53.6 Å². The average molecular weight is 1120 g/mol. The van der Waals surface area contributed by atoms with Gasteiger partial charge in [0.2, 0.25) is 70.6 Å². The van der Waals surface area contributed by atoms with Crippen molar-refractivity contribution in [2.45, 2.75) is 121 Å². The van der Waals surface area contributed by atoms with Crippen molar-refractivity contribution in [2.24, 2.45) is 5.73 Å². The number of carbonyl (C=O) groups excluding carboxylic acids is 12. The average Bonchev–Trinajstić information content (AvgIpc) is 3.47. The lowest BCUT2D eigenvalue weighted by Gasteiger charge is -2.27. The second kappa shape index (κ2) is 29.3. The molecule has 0 bridgehead atoms. The molecule has 10 amide bonds. The molecule has 4 rings (SSSR count). The number of hydrogen-bond acceptors (Lipinski definition) is 16. The van der Waals surface area contributed by atoms with Crippen molar-refractivity contribution in [1.29, 1.82) is 0 Å². The molecule has 0 saturated heterocycles. The summed E-state index contributed by atoms with van der Waals surface area (Å²) in [6.45, 7) is 3.56. The molecule has 0 spiro atoms. The summed E-state index contributed by atoms with van der Waals surface area (Å²) in [6.07, 6.45) is -6.62. The second-order valence-corrected chi connectivity index (χ2v) is 18.6. The normalized spacial score (nSPS) is 14.8. The molecule has 0 aromatic heterocycles. The molecule has 1 aliphatic rings. The number of anilines is 1. The molecular formula is C52H62N10O18. The summed E-state index contributed by atoms with van der Waals surface area (Å²) in [6, 6.07) is 7.32. The van der Waals surface area contributed by atoms with Crippen LogP contribution in [0.5, 0.6) is 0 Å². The van der Waals surface area contributed by atoms with Gasteiger partial charge in [0.05, 0.1) is 25.2 Å². The van der Waals surface area contributed by atoms with Gasteiger partial charge in [-0.1, -0.05) is 60.7 Å². The largest absolute Gasteiger partial charge is 0.481 e. The summed E-state index contributed by atoms with van der Waals surface area (Å²) in [5, 5.41) is 60.6. The molecule has 0 unspecified atom stereocenters. The maximum absolute atomic E-state index is 13.5. The lowest BCUT2D eigenvalue weighted by Crippen LogP contribution is -2.62. The Balaban J connectivity index is 1.37. The first-order valence-corrected chi connectivity index (χ1v) is 24.8. The van der Waals surface area contributed by atoms with Gasteiger partial charge in [0, 0.05) is 43.0 Å². The summed E-state index contributed by atoms with van der Waals surface area (Å²) in [5.74, 6) is -15.1. The molecule has 3 aromatic rings. The van der Waals surface area contributed by atoms with Gasteiger partial charge in [-0.25, -0.2) is 4.79 Å². The maximum atomic E-state index is 13.5. The van der Waals surface area contributed by atoms with E-state index >= 15 is 0 Å². The van der Waals surface area contributed by atoms with Crippen molar-refractivity contribution >= 4 is 88.3 Å². The van der Waals surface area contributed by atoms with Crippen molar-refractivity contribution in [3.63, 3.8) is 0 Å². The van der Waals surface area contributed by atoms with E-state index in [1.54, 1.807) is 48.5 Å². The van der Waals surface area contributed by atoms with Gasteiger partial charge in [-0.2, -0.15) is 0 Å². The Bertz CT molecular complexity index is 2900. The highest BCUT2D eigenvalue weighted by Crippen LogP contribution is 2.35. The third kappa shape index (κ3) is 18.6. The van der Waals surface area contributed by atoms with E-state index in [1.165, 1.54) is 38.1 Å². The molecule has 0 saturated carbocycles. The molecule has 9 atom stereocenters. The van der Waals surface area contributed by atoms with E-state index in [2.05, 4.69) is 47.9 Å². The van der Waals surface area contributed by atoms with E-state index in [9.17, 15) is 87.5 Å². The Morgan fingerprint density at radius 2 is 1.05 bits per heavy atom. The number of primary amides is 1. The number of aliphatic carboxylic acids is 2. The van der Waals surface area contributed by atoms with Crippen LogP contribution >= 0.6 is 0 Å². The number of ketones is 2. The fourth-order valence-corrected chi connectivity index (χ4v) is 7.98. The summed E-state index contributed by atoms with van der Waals surface area (Å²) in [4.78, 5) is 180. The van der Waals surface area contributed by atoms with Crippen molar-refractivity contribution in [1.82, 2.24) is 42.5 Å². The molecule has 28 heteroatoms. The van der Waals surface area contributed by atoms with Crippen LogP contribution in [0.2, 0.25) is 0 Å². The Kier molecular flexibility index (Phi) is 23.1. The molecule has 0 fully saturated rings. The van der Waals surface area contributed by atoms with Crippen molar-refractivity contribution in [3.8, 4) is 11.1 Å². The number of hydrogen-bond donors (Lipinski definition) is 14. The topological polar surface area (TPSA) is 454 Å². The number of benzene rings is 3. The summed E-state index contributed by atoms with van der Waals surface area (Å²) < 4.78 is 0. The number of nitrogens with one attached hydrogen (secondary N) is 9. The highest BCUT2D eigenvalue weighted by Gasteiger charge is 2.36. The van der Waals surface area contributed by atoms with E-state index in [-0.39, 0.29) is 23.2 Å². The van der Waals surface area contributed by atoms with Crippen molar-refractivity contribution < 1.29 is 87.5 Å². The minimum Gasteiger partial charge on any atom is -0.481 e. The Hall–Kier alpha value is -9.44. The number of carboxylic acids is 2. The molecule has 15 N–H and O–H groups in total. The quantitative estimate of drug-likeness (QED) is 0.0305. The number of aliphatic hydroxyl groups excluding tert-OH is 2. The van der Waals surface area contributed by atoms with Crippen LogP contribution in [-0.4, -0.2) is 164 Å². The van der Waals surface area contributed by atoms with Gasteiger partial charge in [0.15, 0.2) is 0 Å². The van der Waals surface area contributed by atoms with Crippen LogP contribution in [0.4, 0.5) is 5.69 Å². The van der Waals surface area contributed by atoms with Crippen molar-refractivity contribution in [2.75, 3.05) is 11.9 Å². The SMILES string of the molecule is CC(=O)N[C@@H](Cc1ccccc1)C(=O)N[C@H](C(=O)N[C@@H](C)C(=O)N[C@H](C(=O)N[C@@H](CCC(=O)O)C(=O)NCC(=O)N[C@@H](CCC(N)=O)C(=O)N[C@@H](CC(=O)Nc1ccc2c(c1)C(=O)C(=O)c1ccccc1-2)C(=O)O)[C@@H](C)O)[C@@H](C)O. The number of aliphatic hydroxyl groups is 2. The fourth-order valence-electron chi connectivity index (χ4n) is 7.98. The van der Waals surface area contributed by atoms with E-state index in [4.69, 9.17) is 5.73 Å². The first-order valence-electron chi connectivity index (χ1n) is 24.8. The molecule has 3 aromatic carbocycles. The van der Waals surface area contributed by atoms with Gasteiger partial charge >= 0.3 is 11.9 Å². The van der Waals surface area contributed by atoms with Gasteiger partial charge in [-0.05, 0) is 62.4 Å². The van der Waals surface area contributed by atoms with Crippen LogP contribution in [0.25, 0.3) is 11.1 Å². The first-order chi connectivity index (χ1) is 37.7. The Morgan fingerprint density at radius 1 is 0.525 bits per heavy atom. The van der Waals surface area contributed by atoms with Gasteiger partial charge in [-0.3, -0.25) is 62.3 Å². The van der Waals surface area contributed by atoms with E-state index in [1.807, 2.05) is 0 Å². The first kappa shape index (κ1) is 63.1. The Labute approximate surface area is 456 Å². The van der Waals surface area contributed by atoms with Crippen LogP contribution in [0.3, 0.4) is 0 Å². The lowest BCUT2D eigenvalue weighted by atomic mass is 9.84. The highest BCUT2D eigenvalue weighted by molar-refractivity contribution is 6.53. The number of rotatable bonds is 29. The minimum atomic E-state index is -1.96. The molecule has 1 aliphatic carbocycles. The number of fused-ring (bicyclic) bond motifs is 3. The third-order valence-electron chi connectivity index (χ3n) is 12.1. The van der Waals surface area contributed by atoms with Crippen LogP contribution in [0.15, 0.2) is 72.8 Å². The second-order valence-electron chi connectivity index (χ2n) is 18.6. The molecular weight excluding hydrogens is 1050 g/mol. The molecule has 28 nitrogen and oxygen atoms in total. The van der Waals surface area contributed by atoms with Gasteiger partial charge < -0.3 is 74.0 Å². The van der Waals surface area contributed by atoms with E-state index < -0.39 is 176 Å². The zero-order valence-electron chi connectivity index (χ0n) is 43.7. The van der Waals surface area contributed by atoms with Crippen molar-refractivity contribution in [3.05, 3.63) is 89.5 Å². The van der Waals surface area contributed by atoms with Gasteiger partial charge in [0.25, 0.3) is 0 Å². The minimum absolute atomic E-state index is 0.00936. The van der Waals surface area contributed by atoms with E-state index in [0.29, 0.717) is 16.7 Å². The summed E-state index contributed by atoms with van der Waals surface area (Å²) in [5.41, 5.74) is 6.99. The van der Waals surface area contributed by atoms with Crippen LogP contribution in [-0.2, 0) is 64.0 Å². The van der Waals surface area contributed by atoms with Crippen LogP contribution in [0.1, 0.15) is 86.1 Å². The maximum Gasteiger partial charge on any atom is 0.326 e. The lowest BCUT2D eigenvalue weighted by molar-refractivity contribution is -0.143. The summed E-state index contributed by atoms with van der Waals surface area (Å²) >= 11 is 0. The molecule has 0 radical (unpaired) electrons. The number of nitrogens with two attached hydrogens (primary N) is 1. The molecule has 428 valence electrons. The van der Waals surface area contributed by atoms with Gasteiger partial charge in [0.1, 0.15) is 42.3 Å². The molecule has 80 heavy (non-hydrogen) atoms. The fraction of sp³-hybridized carbons (Fsp3) is 0.385. The zero-order chi connectivity index (χ0) is 59.5. The predicted octanol–water partition coefficient (Wildman–Crippen LogP) is -3.17. The Morgan fingerprint density at radius 3 is 1.64 bits per heavy atom. The summed E-state index contributed by atoms with van der Waals surface area (Å²) in [7, 11) is 0. The molecule has 0 heterocycles. The number of carboxylic acid groups (broad SMARTS) is 2. The zero-order valence-corrected chi connectivity index (χ0v) is 43.7. The van der Waals surface area contributed by atoms with Gasteiger partial charge in [-0.15, -0.1) is 0 Å². The number of Topliss-reactive ketones (excluding diaryl/α,β-unsaturated/α-hetero) is 2. The predicted molar refractivity (Wildman–Crippen MR) is 278 cm³/mol.